The minimum atomic E-state index is -3.66. The molecule has 1 atom stereocenters. The largest absolute Gasteiger partial charge is 0.349 e. The van der Waals surface area contributed by atoms with E-state index in [0.717, 1.165) is 5.56 Å². The van der Waals surface area contributed by atoms with E-state index >= 15 is 0 Å². The summed E-state index contributed by atoms with van der Waals surface area (Å²) in [5, 5.41) is 14.1. The third-order valence-electron chi connectivity index (χ3n) is 3.91. The monoisotopic (exact) mass is 399 g/mol. The molecule has 0 aliphatic carbocycles. The molecule has 0 saturated heterocycles. The molecule has 0 radical (unpaired) electrons. The Bertz CT molecular complexity index is 1010. The molecular weight excluding hydrogens is 378 g/mol. The highest BCUT2D eigenvalue weighted by Crippen LogP contribution is 2.17. The van der Waals surface area contributed by atoms with Crippen LogP contribution in [-0.2, 0) is 25.2 Å². The van der Waals surface area contributed by atoms with Gasteiger partial charge in [0.1, 0.15) is 5.75 Å². The average molecular weight is 399 g/mol. The number of rotatable bonds is 7. The first-order valence-electron chi connectivity index (χ1n) is 8.55. The SMILES string of the molecule is CC(=O)Nc1cccc(C(C)NC(=O)CS(=O)(=O)Cc2ccc(C#N)cc2)c1. The summed E-state index contributed by atoms with van der Waals surface area (Å²) in [5.74, 6) is -1.73. The molecular formula is C20H21N3O4S. The van der Waals surface area contributed by atoms with Gasteiger partial charge in [-0.2, -0.15) is 5.26 Å². The van der Waals surface area contributed by atoms with Crippen molar-refractivity contribution < 1.29 is 18.0 Å². The second kappa shape index (κ2) is 9.15. The molecule has 0 saturated carbocycles. The maximum atomic E-state index is 12.3. The number of amides is 2. The Hall–Kier alpha value is -3.18. The Morgan fingerprint density at radius 3 is 2.43 bits per heavy atom. The van der Waals surface area contributed by atoms with Crippen molar-refractivity contribution in [2.45, 2.75) is 25.6 Å². The molecule has 2 aromatic carbocycles. The summed E-state index contributed by atoms with van der Waals surface area (Å²) in [5.41, 5.74) is 2.29. The Morgan fingerprint density at radius 1 is 1.14 bits per heavy atom. The third kappa shape index (κ3) is 6.52. The van der Waals surface area contributed by atoms with Crippen LogP contribution in [0.4, 0.5) is 5.69 Å². The first kappa shape index (κ1) is 21.1. The summed E-state index contributed by atoms with van der Waals surface area (Å²) < 4.78 is 24.6. The van der Waals surface area contributed by atoms with Gasteiger partial charge in [-0.05, 0) is 42.3 Å². The fraction of sp³-hybridized carbons (Fsp3) is 0.250. The molecule has 0 spiro atoms. The van der Waals surface area contributed by atoms with Crippen molar-refractivity contribution in [3.05, 3.63) is 65.2 Å². The summed E-state index contributed by atoms with van der Waals surface area (Å²) in [7, 11) is -3.66. The van der Waals surface area contributed by atoms with Crippen molar-refractivity contribution in [1.82, 2.24) is 5.32 Å². The van der Waals surface area contributed by atoms with Crippen molar-refractivity contribution in [1.29, 1.82) is 5.26 Å². The van der Waals surface area contributed by atoms with E-state index in [1.54, 1.807) is 43.3 Å². The minimum absolute atomic E-state index is 0.206. The summed E-state index contributed by atoms with van der Waals surface area (Å²) in [6, 6.07) is 14.7. The second-order valence-corrected chi connectivity index (χ2v) is 8.50. The van der Waals surface area contributed by atoms with Crippen molar-refractivity contribution in [3.8, 4) is 6.07 Å². The molecule has 2 N–H and O–H groups in total. The Labute approximate surface area is 164 Å². The lowest BCUT2D eigenvalue weighted by atomic mass is 10.1. The second-order valence-electron chi connectivity index (χ2n) is 6.44. The van der Waals surface area contributed by atoms with Gasteiger partial charge in [-0.1, -0.05) is 24.3 Å². The Morgan fingerprint density at radius 2 is 1.82 bits per heavy atom. The summed E-state index contributed by atoms with van der Waals surface area (Å²) >= 11 is 0. The maximum Gasteiger partial charge on any atom is 0.235 e. The first-order chi connectivity index (χ1) is 13.2. The molecule has 0 aliphatic heterocycles. The van der Waals surface area contributed by atoms with Crippen LogP contribution in [0.5, 0.6) is 0 Å². The van der Waals surface area contributed by atoms with Crippen LogP contribution in [0, 0.1) is 11.3 Å². The van der Waals surface area contributed by atoms with Crippen molar-refractivity contribution in [2.24, 2.45) is 0 Å². The van der Waals surface area contributed by atoms with Crippen LogP contribution in [0.2, 0.25) is 0 Å². The molecule has 0 heterocycles. The minimum Gasteiger partial charge on any atom is -0.349 e. The number of hydrogen-bond donors (Lipinski definition) is 2. The van der Waals surface area contributed by atoms with E-state index in [9.17, 15) is 18.0 Å². The molecule has 0 bridgehead atoms. The lowest BCUT2D eigenvalue weighted by molar-refractivity contribution is -0.119. The van der Waals surface area contributed by atoms with Gasteiger partial charge in [0, 0.05) is 12.6 Å². The predicted octanol–water partition coefficient (Wildman–Crippen LogP) is 2.31. The smallest absolute Gasteiger partial charge is 0.235 e. The number of benzene rings is 2. The van der Waals surface area contributed by atoms with E-state index in [0.29, 0.717) is 16.8 Å². The zero-order valence-corrected chi connectivity index (χ0v) is 16.4. The molecule has 0 fully saturated rings. The lowest BCUT2D eigenvalue weighted by Gasteiger charge is -2.15. The van der Waals surface area contributed by atoms with Crippen LogP contribution in [0.25, 0.3) is 0 Å². The summed E-state index contributed by atoms with van der Waals surface area (Å²) in [4.78, 5) is 23.3. The van der Waals surface area contributed by atoms with Gasteiger partial charge in [0.2, 0.25) is 11.8 Å². The normalized spacial score (nSPS) is 11.9. The van der Waals surface area contributed by atoms with E-state index in [1.807, 2.05) is 6.07 Å². The standard InChI is InChI=1S/C20H21N3O4S/c1-14(18-4-3-5-19(10-18)23-15(2)24)22-20(25)13-28(26,27)12-17-8-6-16(11-21)7-9-17/h3-10,14H,12-13H2,1-2H3,(H,22,25)(H,23,24). The van der Waals surface area contributed by atoms with Crippen molar-refractivity contribution in [2.75, 3.05) is 11.1 Å². The van der Waals surface area contributed by atoms with Crippen LogP contribution in [0.1, 0.15) is 36.6 Å². The number of carbonyl (C=O) groups is 2. The van der Waals surface area contributed by atoms with E-state index in [2.05, 4.69) is 10.6 Å². The quantitative estimate of drug-likeness (QED) is 0.741. The number of carbonyl (C=O) groups excluding carboxylic acids is 2. The highest BCUT2D eigenvalue weighted by molar-refractivity contribution is 7.91. The summed E-state index contributed by atoms with van der Waals surface area (Å²) in [6.45, 7) is 3.13. The van der Waals surface area contributed by atoms with Gasteiger partial charge in [0.25, 0.3) is 0 Å². The first-order valence-corrected chi connectivity index (χ1v) is 10.4. The van der Waals surface area contributed by atoms with Crippen LogP contribution in [0.3, 0.4) is 0 Å². The molecule has 28 heavy (non-hydrogen) atoms. The molecule has 1 unspecified atom stereocenters. The van der Waals surface area contributed by atoms with E-state index < -0.39 is 27.5 Å². The van der Waals surface area contributed by atoms with E-state index in [-0.39, 0.29) is 11.7 Å². The number of hydrogen-bond acceptors (Lipinski definition) is 5. The number of sulfone groups is 1. The van der Waals surface area contributed by atoms with Crippen LogP contribution in [-0.4, -0.2) is 26.0 Å². The molecule has 7 nitrogen and oxygen atoms in total. The fourth-order valence-corrected chi connectivity index (χ4v) is 3.92. The average Bonchev–Trinajstić information content (AvgIpc) is 2.61. The van der Waals surface area contributed by atoms with Crippen molar-refractivity contribution in [3.63, 3.8) is 0 Å². The number of nitriles is 1. The van der Waals surface area contributed by atoms with Crippen LogP contribution < -0.4 is 10.6 Å². The lowest BCUT2D eigenvalue weighted by Crippen LogP contribution is -2.32. The molecule has 8 heteroatoms. The van der Waals surface area contributed by atoms with Gasteiger partial charge < -0.3 is 10.6 Å². The zero-order valence-electron chi connectivity index (χ0n) is 15.6. The molecule has 2 rings (SSSR count). The zero-order chi connectivity index (χ0) is 20.7. The molecule has 0 aliphatic rings. The Kier molecular flexibility index (Phi) is 6.90. The third-order valence-corrected chi connectivity index (χ3v) is 5.38. The summed E-state index contributed by atoms with van der Waals surface area (Å²) in [6.07, 6.45) is 0. The van der Waals surface area contributed by atoms with Crippen molar-refractivity contribution >= 4 is 27.3 Å². The van der Waals surface area contributed by atoms with Gasteiger partial charge >= 0.3 is 0 Å². The van der Waals surface area contributed by atoms with E-state index in [1.165, 1.54) is 19.1 Å². The number of nitrogens with zero attached hydrogens (tertiary/aromatic N) is 1. The fourth-order valence-electron chi connectivity index (χ4n) is 2.64. The number of anilines is 1. The Balaban J connectivity index is 1.98. The van der Waals surface area contributed by atoms with Gasteiger partial charge in [-0.3, -0.25) is 9.59 Å². The molecule has 146 valence electrons. The van der Waals surface area contributed by atoms with Crippen LogP contribution >= 0.6 is 0 Å². The molecule has 2 amide bonds. The van der Waals surface area contributed by atoms with E-state index in [4.69, 9.17) is 5.26 Å². The topological polar surface area (TPSA) is 116 Å². The molecule has 2 aromatic rings. The maximum absolute atomic E-state index is 12.3. The predicted molar refractivity (Wildman–Crippen MR) is 106 cm³/mol. The van der Waals surface area contributed by atoms with Gasteiger partial charge in [0.15, 0.2) is 9.84 Å². The van der Waals surface area contributed by atoms with Gasteiger partial charge in [-0.15, -0.1) is 0 Å². The highest BCUT2D eigenvalue weighted by atomic mass is 32.2. The van der Waals surface area contributed by atoms with Gasteiger partial charge in [-0.25, -0.2) is 8.42 Å². The molecule has 0 aromatic heterocycles. The van der Waals surface area contributed by atoms with Gasteiger partial charge in [0.05, 0.1) is 23.4 Å². The number of nitrogens with one attached hydrogen (secondary N) is 2. The van der Waals surface area contributed by atoms with Crippen LogP contribution in [0.15, 0.2) is 48.5 Å². The highest BCUT2D eigenvalue weighted by Gasteiger charge is 2.19.